The van der Waals surface area contributed by atoms with E-state index in [-0.39, 0.29) is 17.5 Å². The third-order valence-corrected chi connectivity index (χ3v) is 7.44. The van der Waals surface area contributed by atoms with E-state index in [4.69, 9.17) is 11.0 Å². The molecule has 2 aliphatic rings. The maximum atomic E-state index is 12.8. The molecule has 0 saturated heterocycles. The first-order valence-corrected chi connectivity index (χ1v) is 13.0. The number of amides is 1. The summed E-state index contributed by atoms with van der Waals surface area (Å²) in [6, 6.07) is 12.6. The summed E-state index contributed by atoms with van der Waals surface area (Å²) >= 11 is 1.49. The Hall–Kier alpha value is -3.42. The summed E-state index contributed by atoms with van der Waals surface area (Å²) in [5.41, 5.74) is 7.00. The molecule has 1 atom stereocenters. The van der Waals surface area contributed by atoms with Crippen LogP contribution >= 0.6 is 11.3 Å². The number of carbonyl (C=O) groups excluding carboxylic acids is 1. The predicted octanol–water partition coefficient (Wildman–Crippen LogP) is 5.39. The summed E-state index contributed by atoms with van der Waals surface area (Å²) in [5, 5.41) is 12.5. The fourth-order valence-electron chi connectivity index (χ4n) is 4.12. The number of nitriles is 1. The van der Waals surface area contributed by atoms with Crippen molar-refractivity contribution >= 4 is 17.2 Å². The number of carbonyl (C=O) groups is 1. The van der Waals surface area contributed by atoms with Crippen molar-refractivity contribution in [3.63, 3.8) is 0 Å². The van der Waals surface area contributed by atoms with Crippen LogP contribution in [0.4, 0.5) is 13.2 Å². The molecule has 0 spiro atoms. The summed E-state index contributed by atoms with van der Waals surface area (Å²) in [4.78, 5) is 15.9. The number of alkyl halides is 3. The lowest BCUT2D eigenvalue weighted by Crippen LogP contribution is -2.34. The van der Waals surface area contributed by atoms with E-state index in [1.807, 2.05) is 17.0 Å². The average Bonchev–Trinajstić information content (AvgIpc) is 3.51. The fourth-order valence-corrected chi connectivity index (χ4v) is 5.15. The molecule has 6 nitrogen and oxygen atoms in total. The molecule has 1 fully saturated rings. The highest BCUT2D eigenvalue weighted by molar-refractivity contribution is 7.12. The zero-order valence-corrected chi connectivity index (χ0v) is 21.2. The van der Waals surface area contributed by atoms with E-state index < -0.39 is 11.9 Å². The van der Waals surface area contributed by atoms with Gasteiger partial charge in [0.05, 0.1) is 6.54 Å². The number of hydrogen-bond acceptors (Lipinski definition) is 5. The lowest BCUT2D eigenvalue weighted by molar-refractivity contribution is -0.141. The standard InChI is InChI=1S/C15H17N3OS.C12H11F3N2/c16-8-12-7-11-5-6-18(9-14(11)20-12)15(19)4-3-13(17)10-1-2-10;1-2-17-8-10(9-6-4-3-5-7-9)11(16-17)12(13,14)15/h3-4,7,10,13H,1-2,5-6,9,17H2;3-8H,2H2,1H3/b4-3+;. The van der Waals surface area contributed by atoms with Gasteiger partial charge in [0.1, 0.15) is 10.9 Å². The predicted molar refractivity (Wildman–Crippen MR) is 136 cm³/mol. The van der Waals surface area contributed by atoms with Crippen molar-refractivity contribution < 1.29 is 18.0 Å². The monoisotopic (exact) mass is 527 g/mol. The molecule has 0 radical (unpaired) electrons. The van der Waals surface area contributed by atoms with Crippen LogP contribution in [0.2, 0.25) is 0 Å². The smallest absolute Gasteiger partial charge is 0.334 e. The van der Waals surface area contributed by atoms with Gasteiger partial charge in [0.2, 0.25) is 5.91 Å². The molecule has 194 valence electrons. The van der Waals surface area contributed by atoms with Crippen LogP contribution in [-0.4, -0.2) is 33.2 Å². The Kier molecular flexibility index (Phi) is 8.15. The van der Waals surface area contributed by atoms with Gasteiger partial charge in [-0.3, -0.25) is 9.48 Å². The molecule has 1 aliphatic carbocycles. The molecule has 1 aliphatic heterocycles. The molecule has 3 heterocycles. The van der Waals surface area contributed by atoms with Crippen LogP contribution in [0.1, 0.15) is 40.8 Å². The largest absolute Gasteiger partial charge is 0.435 e. The number of aromatic nitrogens is 2. The van der Waals surface area contributed by atoms with E-state index in [1.165, 1.54) is 40.6 Å². The van der Waals surface area contributed by atoms with Crippen LogP contribution in [0.5, 0.6) is 0 Å². The van der Waals surface area contributed by atoms with Gasteiger partial charge < -0.3 is 10.6 Å². The highest BCUT2D eigenvalue weighted by atomic mass is 32.1. The Bertz CT molecular complexity index is 1300. The molecule has 2 aromatic heterocycles. The van der Waals surface area contributed by atoms with Crippen LogP contribution in [-0.2, 0) is 30.5 Å². The minimum atomic E-state index is -4.43. The van der Waals surface area contributed by atoms with Crippen molar-refractivity contribution in [2.75, 3.05) is 6.54 Å². The van der Waals surface area contributed by atoms with E-state index in [0.717, 1.165) is 22.7 Å². The molecular formula is C27H28F3N5OS. The van der Waals surface area contributed by atoms with Gasteiger partial charge in [0.25, 0.3) is 0 Å². The summed E-state index contributed by atoms with van der Waals surface area (Å²) in [6.07, 6.45) is 3.65. The fraction of sp³-hybridized carbons (Fsp3) is 0.370. The first-order valence-electron chi connectivity index (χ1n) is 12.1. The normalized spacial score (nSPS) is 16.1. The third kappa shape index (κ3) is 6.67. The molecular weight excluding hydrogens is 499 g/mol. The number of nitrogens with two attached hydrogens (primary N) is 1. The van der Waals surface area contributed by atoms with Crippen molar-refractivity contribution in [1.29, 1.82) is 5.26 Å². The number of nitrogens with zero attached hydrogens (tertiary/aromatic N) is 4. The molecule has 10 heteroatoms. The maximum absolute atomic E-state index is 12.8. The quantitative estimate of drug-likeness (QED) is 0.451. The molecule has 5 rings (SSSR count). The second kappa shape index (κ2) is 11.3. The van der Waals surface area contributed by atoms with E-state index in [0.29, 0.717) is 24.6 Å². The zero-order chi connectivity index (χ0) is 26.6. The van der Waals surface area contributed by atoms with E-state index in [9.17, 15) is 18.0 Å². The Labute approximate surface area is 217 Å². The molecule has 2 N–H and O–H groups in total. The molecule has 3 aromatic rings. The average molecular weight is 528 g/mol. The van der Waals surface area contributed by atoms with Crippen molar-refractivity contribution in [3.05, 3.63) is 75.8 Å². The van der Waals surface area contributed by atoms with Gasteiger partial charge in [0.15, 0.2) is 5.69 Å². The molecule has 0 bridgehead atoms. The Balaban J connectivity index is 0.000000176. The zero-order valence-electron chi connectivity index (χ0n) is 20.4. The molecule has 1 amide bonds. The second-order valence-electron chi connectivity index (χ2n) is 9.07. The minimum Gasteiger partial charge on any atom is -0.334 e. The highest BCUT2D eigenvalue weighted by Crippen LogP contribution is 2.36. The summed E-state index contributed by atoms with van der Waals surface area (Å²) < 4.78 is 39.7. The van der Waals surface area contributed by atoms with Crippen LogP contribution < -0.4 is 5.73 Å². The Morgan fingerprint density at radius 2 is 2.05 bits per heavy atom. The number of benzene rings is 1. The van der Waals surface area contributed by atoms with E-state index in [2.05, 4.69) is 11.2 Å². The number of thiophene rings is 1. The first kappa shape index (κ1) is 26.6. The van der Waals surface area contributed by atoms with Crippen LogP contribution in [0.15, 0.2) is 54.7 Å². The summed E-state index contributed by atoms with van der Waals surface area (Å²) in [7, 11) is 0. The van der Waals surface area contributed by atoms with Crippen molar-refractivity contribution in [1.82, 2.24) is 14.7 Å². The SMILES string of the molecule is CCn1cc(-c2ccccc2)c(C(F)(F)F)n1.N#Cc1cc2c(s1)CN(C(=O)/C=C/C(N)C1CC1)CC2. The minimum absolute atomic E-state index is 0.0197. The lowest BCUT2D eigenvalue weighted by atomic mass is 10.1. The topological polar surface area (TPSA) is 87.9 Å². The number of fused-ring (bicyclic) bond motifs is 1. The molecule has 1 aromatic carbocycles. The van der Waals surface area contributed by atoms with Gasteiger partial charge in [-0.25, -0.2) is 0 Å². The molecule has 1 saturated carbocycles. The molecule has 1 unspecified atom stereocenters. The van der Waals surface area contributed by atoms with Crippen LogP contribution in [0, 0.1) is 17.2 Å². The Morgan fingerprint density at radius 3 is 2.68 bits per heavy atom. The van der Waals surface area contributed by atoms with Gasteiger partial charge in [-0.1, -0.05) is 36.4 Å². The first-order chi connectivity index (χ1) is 17.7. The summed E-state index contributed by atoms with van der Waals surface area (Å²) in [5.74, 6) is 0.598. The van der Waals surface area contributed by atoms with Gasteiger partial charge in [-0.2, -0.15) is 23.5 Å². The number of rotatable bonds is 5. The summed E-state index contributed by atoms with van der Waals surface area (Å²) in [6.45, 7) is 3.50. The lowest BCUT2D eigenvalue weighted by Gasteiger charge is -2.25. The van der Waals surface area contributed by atoms with Crippen LogP contribution in [0.3, 0.4) is 0 Å². The number of hydrogen-bond donors (Lipinski definition) is 1. The highest BCUT2D eigenvalue weighted by Gasteiger charge is 2.37. The Morgan fingerprint density at radius 1 is 1.32 bits per heavy atom. The van der Waals surface area contributed by atoms with Gasteiger partial charge >= 0.3 is 6.18 Å². The van der Waals surface area contributed by atoms with Gasteiger partial charge in [0, 0.05) is 41.8 Å². The number of aryl methyl sites for hydroxylation is 1. The van der Waals surface area contributed by atoms with Crippen LogP contribution in [0.25, 0.3) is 11.1 Å². The van der Waals surface area contributed by atoms with Gasteiger partial charge in [-0.05, 0) is 49.3 Å². The van der Waals surface area contributed by atoms with Crippen molar-refractivity contribution in [2.24, 2.45) is 11.7 Å². The third-order valence-electron chi connectivity index (χ3n) is 6.37. The second-order valence-corrected chi connectivity index (χ2v) is 10.2. The van der Waals surface area contributed by atoms with E-state index in [1.54, 1.807) is 43.3 Å². The van der Waals surface area contributed by atoms with E-state index >= 15 is 0 Å². The maximum Gasteiger partial charge on any atom is 0.435 e. The van der Waals surface area contributed by atoms with Crippen molar-refractivity contribution in [3.8, 4) is 17.2 Å². The number of halogens is 3. The van der Waals surface area contributed by atoms with Gasteiger partial charge in [-0.15, -0.1) is 11.3 Å². The van der Waals surface area contributed by atoms with Crippen molar-refractivity contribution in [2.45, 2.75) is 51.5 Å². The molecule has 37 heavy (non-hydrogen) atoms.